The molecule has 1 fully saturated rings. The molecule has 3 aromatic heterocycles. The van der Waals surface area contributed by atoms with Crippen LogP contribution in [0, 0.1) is 5.82 Å². The Labute approximate surface area is 210 Å². The maximum atomic E-state index is 14.4. The summed E-state index contributed by atoms with van der Waals surface area (Å²) in [6, 6.07) is 9.09. The van der Waals surface area contributed by atoms with Gasteiger partial charge in [-0.2, -0.15) is 5.10 Å². The molecule has 1 N–H and O–H groups in total. The molecule has 0 saturated carbocycles. The second kappa shape index (κ2) is 10.0. The van der Waals surface area contributed by atoms with Gasteiger partial charge in [0.05, 0.1) is 34.8 Å². The third-order valence-electron chi connectivity index (χ3n) is 6.85. The Balaban J connectivity index is 1.45. The van der Waals surface area contributed by atoms with Gasteiger partial charge in [-0.05, 0) is 56.1 Å². The molecule has 36 heavy (non-hydrogen) atoms. The SMILES string of the molecule is CCn1cc(-n2cc(CCCN3CCS(=O)(=O)CC3)c3ccc(-c4ccc(NC)c(F)c4)nc32)cn1. The Hall–Kier alpha value is -3.24. The van der Waals surface area contributed by atoms with Gasteiger partial charge in [-0.1, -0.05) is 6.07 Å². The standard InChI is InChI=1S/C26H31FN6O2S/c1-3-32-18-21(16-29-32)33-17-20(5-4-10-31-11-13-36(34,35)14-12-31)22-7-9-24(30-26(22)33)19-6-8-25(28-2)23(27)15-19/h6-9,15-18,28H,3-5,10-14H2,1-2H3. The summed E-state index contributed by atoms with van der Waals surface area (Å²) >= 11 is 0. The molecule has 1 aliphatic rings. The number of nitrogens with one attached hydrogen (secondary N) is 1. The largest absolute Gasteiger partial charge is 0.386 e. The van der Waals surface area contributed by atoms with E-state index in [4.69, 9.17) is 4.98 Å². The minimum atomic E-state index is -2.87. The lowest BCUT2D eigenvalue weighted by molar-refractivity contribution is 0.292. The van der Waals surface area contributed by atoms with Crippen molar-refractivity contribution in [2.45, 2.75) is 26.3 Å². The number of halogens is 1. The minimum absolute atomic E-state index is 0.246. The summed E-state index contributed by atoms with van der Waals surface area (Å²) in [7, 11) is -1.18. The molecule has 0 atom stereocenters. The Bertz CT molecular complexity index is 1480. The summed E-state index contributed by atoms with van der Waals surface area (Å²) < 4.78 is 41.8. The second-order valence-corrected chi connectivity index (χ2v) is 11.5. The van der Waals surface area contributed by atoms with Gasteiger partial charge in [-0.3, -0.25) is 9.25 Å². The van der Waals surface area contributed by atoms with Crippen LogP contribution in [0.3, 0.4) is 0 Å². The number of anilines is 1. The summed E-state index contributed by atoms with van der Waals surface area (Å²) in [6.45, 7) is 4.88. The monoisotopic (exact) mass is 510 g/mol. The summed E-state index contributed by atoms with van der Waals surface area (Å²) in [4.78, 5) is 7.18. The quantitative estimate of drug-likeness (QED) is 0.389. The van der Waals surface area contributed by atoms with Crippen LogP contribution in [-0.4, -0.2) is 70.8 Å². The van der Waals surface area contributed by atoms with Crippen LogP contribution in [-0.2, 0) is 22.8 Å². The van der Waals surface area contributed by atoms with Gasteiger partial charge in [0.2, 0.25) is 0 Å². The normalized spacial score (nSPS) is 16.0. The van der Waals surface area contributed by atoms with Crippen molar-refractivity contribution < 1.29 is 12.8 Å². The first-order valence-electron chi connectivity index (χ1n) is 12.3. The van der Waals surface area contributed by atoms with Crippen LogP contribution in [0.15, 0.2) is 48.9 Å². The van der Waals surface area contributed by atoms with E-state index in [2.05, 4.69) is 32.1 Å². The maximum Gasteiger partial charge on any atom is 0.152 e. The first-order valence-corrected chi connectivity index (χ1v) is 14.1. The maximum absolute atomic E-state index is 14.4. The average Bonchev–Trinajstić information content (AvgIpc) is 3.49. The van der Waals surface area contributed by atoms with Crippen LogP contribution in [0.1, 0.15) is 18.9 Å². The van der Waals surface area contributed by atoms with Gasteiger partial charge in [0.1, 0.15) is 11.5 Å². The molecular formula is C26H31FN6O2S. The number of hydrogen-bond acceptors (Lipinski definition) is 6. The van der Waals surface area contributed by atoms with E-state index >= 15 is 0 Å². The number of aryl methyl sites for hydroxylation is 2. The van der Waals surface area contributed by atoms with Crippen LogP contribution in [0.5, 0.6) is 0 Å². The first kappa shape index (κ1) is 24.5. The number of rotatable bonds is 8. The van der Waals surface area contributed by atoms with Gasteiger partial charge in [-0.15, -0.1) is 0 Å². The van der Waals surface area contributed by atoms with Crippen molar-refractivity contribution in [1.82, 2.24) is 24.2 Å². The Morgan fingerprint density at radius 1 is 1.11 bits per heavy atom. The molecule has 0 bridgehead atoms. The molecule has 8 nitrogen and oxygen atoms in total. The molecule has 1 aliphatic heterocycles. The summed E-state index contributed by atoms with van der Waals surface area (Å²) in [6.07, 6.45) is 7.71. The third kappa shape index (κ3) is 5.01. The van der Waals surface area contributed by atoms with Crippen LogP contribution in [0.4, 0.5) is 10.1 Å². The highest BCUT2D eigenvalue weighted by atomic mass is 32.2. The predicted molar refractivity (Wildman–Crippen MR) is 141 cm³/mol. The summed E-state index contributed by atoms with van der Waals surface area (Å²) in [5, 5.41) is 8.33. The summed E-state index contributed by atoms with van der Waals surface area (Å²) in [5.74, 6) is 0.176. The van der Waals surface area contributed by atoms with Gasteiger partial charge in [0.25, 0.3) is 0 Å². The van der Waals surface area contributed by atoms with Gasteiger partial charge < -0.3 is 10.2 Å². The molecule has 0 aliphatic carbocycles. The van der Waals surface area contributed by atoms with Crippen molar-refractivity contribution >= 4 is 26.6 Å². The highest BCUT2D eigenvalue weighted by Crippen LogP contribution is 2.29. The van der Waals surface area contributed by atoms with Crippen LogP contribution in [0.2, 0.25) is 0 Å². The Kier molecular flexibility index (Phi) is 6.81. The van der Waals surface area contributed by atoms with E-state index in [0.29, 0.717) is 30.0 Å². The zero-order valence-corrected chi connectivity index (χ0v) is 21.4. The van der Waals surface area contributed by atoms with Crippen LogP contribution >= 0.6 is 0 Å². The minimum Gasteiger partial charge on any atom is -0.386 e. The number of fused-ring (bicyclic) bond motifs is 1. The second-order valence-electron chi connectivity index (χ2n) is 9.19. The molecule has 1 saturated heterocycles. The van der Waals surface area contributed by atoms with Crippen LogP contribution in [0.25, 0.3) is 28.0 Å². The Morgan fingerprint density at radius 2 is 1.92 bits per heavy atom. The fourth-order valence-corrected chi connectivity index (χ4v) is 6.00. The predicted octanol–water partition coefficient (Wildman–Crippen LogP) is 3.75. The van der Waals surface area contributed by atoms with E-state index in [9.17, 15) is 12.8 Å². The van der Waals surface area contributed by atoms with Crippen molar-refractivity contribution in [2.24, 2.45) is 0 Å². The van der Waals surface area contributed by atoms with E-state index in [1.165, 1.54) is 11.6 Å². The molecule has 0 amide bonds. The van der Waals surface area contributed by atoms with E-state index < -0.39 is 9.84 Å². The highest BCUT2D eigenvalue weighted by Gasteiger charge is 2.21. The fourth-order valence-electron chi connectivity index (χ4n) is 4.72. The van der Waals surface area contributed by atoms with Crippen molar-refractivity contribution in [3.63, 3.8) is 0 Å². The van der Waals surface area contributed by atoms with Crippen molar-refractivity contribution in [3.05, 3.63) is 60.3 Å². The molecule has 190 valence electrons. The molecule has 0 spiro atoms. The van der Waals surface area contributed by atoms with Crippen molar-refractivity contribution in [3.8, 4) is 16.9 Å². The zero-order chi connectivity index (χ0) is 25.3. The van der Waals surface area contributed by atoms with E-state index in [0.717, 1.165) is 42.7 Å². The Morgan fingerprint density at radius 3 is 2.61 bits per heavy atom. The van der Waals surface area contributed by atoms with Gasteiger partial charge in [-0.25, -0.2) is 17.8 Å². The first-order chi connectivity index (χ1) is 17.4. The zero-order valence-electron chi connectivity index (χ0n) is 20.6. The number of benzene rings is 1. The number of pyridine rings is 1. The lowest BCUT2D eigenvalue weighted by atomic mass is 10.1. The van der Waals surface area contributed by atoms with E-state index in [-0.39, 0.29) is 17.3 Å². The molecule has 10 heteroatoms. The molecule has 0 unspecified atom stereocenters. The highest BCUT2D eigenvalue weighted by molar-refractivity contribution is 7.91. The lowest BCUT2D eigenvalue weighted by Crippen LogP contribution is -2.40. The number of aromatic nitrogens is 4. The van der Waals surface area contributed by atoms with Crippen LogP contribution < -0.4 is 5.32 Å². The van der Waals surface area contributed by atoms with Crippen molar-refractivity contribution in [2.75, 3.05) is 43.5 Å². The number of sulfone groups is 1. The third-order valence-corrected chi connectivity index (χ3v) is 8.46. The molecule has 1 aromatic carbocycles. The lowest BCUT2D eigenvalue weighted by Gasteiger charge is -2.26. The van der Waals surface area contributed by atoms with Gasteiger partial charge in [0.15, 0.2) is 9.84 Å². The van der Waals surface area contributed by atoms with E-state index in [1.54, 1.807) is 13.1 Å². The fraction of sp³-hybridized carbons (Fsp3) is 0.385. The smallest absolute Gasteiger partial charge is 0.152 e. The molecule has 5 rings (SSSR count). The molecule has 4 aromatic rings. The van der Waals surface area contributed by atoms with Gasteiger partial charge in [0, 0.05) is 50.0 Å². The van der Waals surface area contributed by atoms with Gasteiger partial charge >= 0.3 is 0 Å². The molecular weight excluding hydrogens is 479 g/mol. The summed E-state index contributed by atoms with van der Waals surface area (Å²) in [5.41, 5.74) is 4.77. The number of hydrogen-bond donors (Lipinski definition) is 1. The van der Waals surface area contributed by atoms with E-state index in [1.807, 2.05) is 36.1 Å². The molecule has 0 radical (unpaired) electrons. The van der Waals surface area contributed by atoms with Crippen molar-refractivity contribution in [1.29, 1.82) is 0 Å². The molecule has 4 heterocycles. The topological polar surface area (TPSA) is 85.0 Å². The number of nitrogens with zero attached hydrogens (tertiary/aromatic N) is 5. The average molecular weight is 511 g/mol.